The monoisotopic (exact) mass is 468 g/mol. The Morgan fingerprint density at radius 2 is 1.97 bits per heavy atom. The van der Waals surface area contributed by atoms with E-state index < -0.39 is 0 Å². The summed E-state index contributed by atoms with van der Waals surface area (Å²) < 4.78 is 0.847. The highest BCUT2D eigenvalue weighted by Gasteiger charge is 2.36. The van der Waals surface area contributed by atoms with Crippen molar-refractivity contribution in [3.8, 4) is 0 Å². The van der Waals surface area contributed by atoms with Crippen molar-refractivity contribution in [1.29, 1.82) is 0 Å². The van der Waals surface area contributed by atoms with Crippen LogP contribution in [0.15, 0.2) is 53.0 Å². The summed E-state index contributed by atoms with van der Waals surface area (Å²) in [6.07, 6.45) is 0.974. The van der Waals surface area contributed by atoms with Crippen LogP contribution in [0.3, 0.4) is 0 Å². The fraction of sp³-hybridized carbons (Fsp3) is 0.348. The average molecular weight is 469 g/mol. The molecule has 0 bridgehead atoms. The molecule has 6 nitrogen and oxygen atoms in total. The van der Waals surface area contributed by atoms with Gasteiger partial charge in [-0.15, -0.1) is 0 Å². The lowest BCUT2D eigenvalue weighted by Crippen LogP contribution is -2.36. The molecule has 0 aliphatic carbocycles. The Balaban J connectivity index is 1.51. The molecule has 0 radical (unpaired) electrons. The molecule has 1 aromatic heterocycles. The van der Waals surface area contributed by atoms with Crippen LogP contribution in [0.4, 0.5) is 5.69 Å². The van der Waals surface area contributed by atoms with Gasteiger partial charge in [0, 0.05) is 17.4 Å². The van der Waals surface area contributed by atoms with E-state index in [1.165, 1.54) is 0 Å². The zero-order valence-corrected chi connectivity index (χ0v) is 18.6. The van der Waals surface area contributed by atoms with E-state index in [2.05, 4.69) is 45.1 Å². The number of aromatic nitrogens is 2. The molecule has 30 heavy (non-hydrogen) atoms. The highest BCUT2D eigenvalue weighted by atomic mass is 79.9. The minimum Gasteiger partial charge on any atom is -0.346 e. The third kappa shape index (κ3) is 4.26. The second-order valence-electron chi connectivity index (χ2n) is 8.19. The molecule has 156 valence electrons. The van der Waals surface area contributed by atoms with Crippen LogP contribution in [0.25, 0.3) is 11.0 Å². The van der Waals surface area contributed by atoms with Crippen LogP contribution in [0.5, 0.6) is 0 Å². The van der Waals surface area contributed by atoms with Crippen molar-refractivity contribution in [2.45, 2.75) is 32.7 Å². The highest BCUT2D eigenvalue weighted by molar-refractivity contribution is 9.10. The fourth-order valence-electron chi connectivity index (χ4n) is 3.92. The molecular weight excluding hydrogens is 444 g/mol. The number of aromatic amines is 1. The van der Waals surface area contributed by atoms with Crippen LogP contribution in [0.2, 0.25) is 0 Å². The summed E-state index contributed by atoms with van der Waals surface area (Å²) in [5.41, 5.74) is 2.63. The Labute approximate surface area is 184 Å². The lowest BCUT2D eigenvalue weighted by molar-refractivity contribution is -0.127. The van der Waals surface area contributed by atoms with Gasteiger partial charge >= 0.3 is 0 Å². The molecule has 2 unspecified atom stereocenters. The van der Waals surface area contributed by atoms with Crippen LogP contribution in [-0.2, 0) is 9.59 Å². The van der Waals surface area contributed by atoms with Gasteiger partial charge in [0.15, 0.2) is 0 Å². The first kappa shape index (κ1) is 20.6. The number of anilines is 1. The van der Waals surface area contributed by atoms with Gasteiger partial charge in [0.05, 0.1) is 28.7 Å². The molecular formula is C23H25BrN4O2. The minimum atomic E-state index is -0.386. The Hall–Kier alpha value is -2.67. The second kappa shape index (κ2) is 8.60. The summed E-state index contributed by atoms with van der Waals surface area (Å²) >= 11 is 3.50. The van der Waals surface area contributed by atoms with Crippen molar-refractivity contribution in [3.63, 3.8) is 0 Å². The number of carbonyl (C=O) groups excluding carboxylic acids is 2. The minimum absolute atomic E-state index is 0.0359. The van der Waals surface area contributed by atoms with Crippen LogP contribution < -0.4 is 10.2 Å². The number of amides is 2. The molecule has 4 rings (SSSR count). The Morgan fingerprint density at radius 3 is 2.70 bits per heavy atom. The Bertz CT molecular complexity index is 1040. The number of fused-ring (bicyclic) bond motifs is 1. The van der Waals surface area contributed by atoms with E-state index in [0.29, 0.717) is 12.5 Å². The van der Waals surface area contributed by atoms with E-state index in [0.717, 1.165) is 33.4 Å². The maximum absolute atomic E-state index is 13.1. The van der Waals surface area contributed by atoms with Gasteiger partial charge in [-0.2, -0.15) is 0 Å². The predicted octanol–water partition coefficient (Wildman–Crippen LogP) is 4.58. The van der Waals surface area contributed by atoms with Gasteiger partial charge in [0.25, 0.3) is 0 Å². The zero-order valence-electron chi connectivity index (χ0n) is 17.1. The number of hydrogen-bond acceptors (Lipinski definition) is 3. The number of halogens is 1. The smallest absolute Gasteiger partial charge is 0.227 e. The summed E-state index contributed by atoms with van der Waals surface area (Å²) in [4.78, 5) is 35.4. The summed E-state index contributed by atoms with van der Waals surface area (Å²) in [6.45, 7) is 4.62. The summed E-state index contributed by atoms with van der Waals surface area (Å²) in [6, 6.07) is 15.2. The van der Waals surface area contributed by atoms with Gasteiger partial charge in [-0.3, -0.25) is 9.59 Å². The molecule has 2 amide bonds. The third-order valence-corrected chi connectivity index (χ3v) is 6.07. The van der Waals surface area contributed by atoms with E-state index in [4.69, 9.17) is 0 Å². The average Bonchev–Trinajstić information content (AvgIpc) is 3.31. The number of H-pyrrole nitrogens is 1. The molecule has 2 atom stereocenters. The number of rotatable bonds is 6. The molecule has 0 spiro atoms. The first-order valence-electron chi connectivity index (χ1n) is 10.2. The van der Waals surface area contributed by atoms with Crippen molar-refractivity contribution in [3.05, 3.63) is 58.8 Å². The van der Waals surface area contributed by atoms with Gasteiger partial charge in [0.2, 0.25) is 11.8 Å². The molecule has 2 heterocycles. The topological polar surface area (TPSA) is 78.1 Å². The van der Waals surface area contributed by atoms with Crippen LogP contribution in [0.1, 0.15) is 38.6 Å². The van der Waals surface area contributed by atoms with Gasteiger partial charge < -0.3 is 15.2 Å². The predicted molar refractivity (Wildman–Crippen MR) is 121 cm³/mol. The summed E-state index contributed by atoms with van der Waals surface area (Å²) in [5, 5.41) is 3.15. The van der Waals surface area contributed by atoms with Crippen molar-refractivity contribution in [1.82, 2.24) is 15.3 Å². The zero-order chi connectivity index (χ0) is 21.3. The molecule has 3 aromatic rings. The first-order valence-corrected chi connectivity index (χ1v) is 11.0. The molecule has 2 aromatic carbocycles. The maximum Gasteiger partial charge on any atom is 0.227 e. The molecule has 0 saturated carbocycles. The number of carbonyl (C=O) groups is 2. The molecule has 1 fully saturated rings. The number of imidazole rings is 1. The molecule has 1 saturated heterocycles. The van der Waals surface area contributed by atoms with Crippen LogP contribution >= 0.6 is 15.9 Å². The molecule has 7 heteroatoms. The van der Waals surface area contributed by atoms with Gasteiger partial charge in [0.1, 0.15) is 5.82 Å². The third-order valence-electron chi connectivity index (χ3n) is 5.40. The van der Waals surface area contributed by atoms with Gasteiger partial charge in [-0.25, -0.2) is 4.98 Å². The van der Waals surface area contributed by atoms with E-state index in [1.54, 1.807) is 4.90 Å². The fourth-order valence-corrected chi connectivity index (χ4v) is 4.42. The summed E-state index contributed by atoms with van der Waals surface area (Å²) in [7, 11) is 0. The van der Waals surface area contributed by atoms with Crippen molar-refractivity contribution < 1.29 is 9.59 Å². The quantitative estimate of drug-likeness (QED) is 0.555. The van der Waals surface area contributed by atoms with Crippen molar-refractivity contribution >= 4 is 44.5 Å². The Morgan fingerprint density at radius 1 is 1.23 bits per heavy atom. The second-order valence-corrected chi connectivity index (χ2v) is 9.04. The lowest BCUT2D eigenvalue weighted by atomic mass is 10.0. The maximum atomic E-state index is 13.1. The number of nitrogens with zero attached hydrogens (tertiary/aromatic N) is 2. The number of benzene rings is 2. The number of hydrogen-bond donors (Lipinski definition) is 2. The van der Waals surface area contributed by atoms with E-state index in [-0.39, 0.29) is 30.2 Å². The summed E-state index contributed by atoms with van der Waals surface area (Å²) in [5.74, 6) is 0.606. The Kier molecular flexibility index (Phi) is 5.90. The molecule has 1 aliphatic rings. The van der Waals surface area contributed by atoms with Crippen molar-refractivity contribution in [2.75, 3.05) is 11.4 Å². The molecule has 2 N–H and O–H groups in total. The molecule has 1 aliphatic heterocycles. The normalized spacial score (nSPS) is 17.7. The lowest BCUT2D eigenvalue weighted by Gasteiger charge is -2.21. The van der Waals surface area contributed by atoms with Crippen molar-refractivity contribution in [2.24, 2.45) is 11.8 Å². The van der Waals surface area contributed by atoms with Gasteiger partial charge in [-0.05, 0) is 52.5 Å². The van der Waals surface area contributed by atoms with E-state index in [9.17, 15) is 9.59 Å². The number of para-hydroxylation sites is 3. The van der Waals surface area contributed by atoms with Gasteiger partial charge in [-0.1, -0.05) is 38.1 Å². The largest absolute Gasteiger partial charge is 0.346 e. The standard InChI is InChI=1S/C23H25BrN4O2/c1-14(2)11-19(22-25-17-8-4-5-9-18(17)26-22)27-23(30)15-12-21(29)28(13-15)20-10-6-3-7-16(20)24/h3-10,14-15,19H,11-13H2,1-2H3,(H,25,26)(H,27,30). The van der Waals surface area contributed by atoms with E-state index in [1.807, 2.05) is 48.5 Å². The SMILES string of the molecule is CC(C)CC(NC(=O)C1CC(=O)N(c2ccccc2Br)C1)c1nc2ccccc2[nH]1. The highest BCUT2D eigenvalue weighted by Crippen LogP contribution is 2.32. The number of nitrogens with one attached hydrogen (secondary N) is 2. The van der Waals surface area contributed by atoms with Crippen LogP contribution in [-0.4, -0.2) is 28.3 Å². The van der Waals surface area contributed by atoms with Crippen LogP contribution in [0, 0.1) is 11.8 Å². The van der Waals surface area contributed by atoms with E-state index >= 15 is 0 Å². The first-order chi connectivity index (χ1) is 14.4.